The van der Waals surface area contributed by atoms with E-state index in [0.717, 1.165) is 25.1 Å². The van der Waals surface area contributed by atoms with Gasteiger partial charge >= 0.3 is 0 Å². The molecule has 9 heteroatoms. The first kappa shape index (κ1) is 23.3. The Balaban J connectivity index is 1.38. The summed E-state index contributed by atoms with van der Waals surface area (Å²) in [5, 5.41) is 14.4. The minimum atomic E-state index is -0.181. The van der Waals surface area contributed by atoms with Crippen molar-refractivity contribution in [3.05, 3.63) is 70.5 Å². The fraction of sp³-hybridized carbons (Fsp3) is 0.346. The van der Waals surface area contributed by atoms with Gasteiger partial charge in [0.1, 0.15) is 0 Å². The van der Waals surface area contributed by atoms with Crippen LogP contribution in [0.3, 0.4) is 0 Å². The van der Waals surface area contributed by atoms with E-state index in [1.54, 1.807) is 6.07 Å². The van der Waals surface area contributed by atoms with Crippen LogP contribution in [0.4, 0.5) is 0 Å². The molecule has 0 unspecified atom stereocenters. The molecule has 0 saturated heterocycles. The van der Waals surface area contributed by atoms with E-state index < -0.39 is 0 Å². The van der Waals surface area contributed by atoms with E-state index in [1.165, 1.54) is 29.3 Å². The van der Waals surface area contributed by atoms with Crippen LogP contribution in [0.1, 0.15) is 31.7 Å². The Morgan fingerprint density at radius 1 is 1.09 bits per heavy atom. The van der Waals surface area contributed by atoms with E-state index in [9.17, 15) is 9.59 Å². The van der Waals surface area contributed by atoms with Crippen LogP contribution in [0, 0.1) is 5.92 Å². The van der Waals surface area contributed by atoms with Crippen molar-refractivity contribution in [2.45, 2.75) is 38.0 Å². The number of aromatic nitrogens is 4. The molecule has 1 aliphatic rings. The highest BCUT2D eigenvalue weighted by atomic mass is 32.2. The van der Waals surface area contributed by atoms with E-state index in [2.05, 4.69) is 22.2 Å². The quantitative estimate of drug-likeness (QED) is 0.308. The minimum absolute atomic E-state index is 0.0866. The molecule has 0 atom stereocenters. The van der Waals surface area contributed by atoms with Crippen LogP contribution in [0.2, 0.25) is 0 Å². The highest BCUT2D eigenvalue weighted by molar-refractivity contribution is 7.99. The lowest BCUT2D eigenvalue weighted by atomic mass is 10.1. The molecule has 180 valence electrons. The smallest absolute Gasteiger partial charge is 0.277 e. The van der Waals surface area contributed by atoms with E-state index in [-0.39, 0.29) is 23.1 Å². The fourth-order valence-corrected chi connectivity index (χ4v) is 4.70. The summed E-state index contributed by atoms with van der Waals surface area (Å²) in [4.78, 5) is 27.8. The summed E-state index contributed by atoms with van der Waals surface area (Å²) in [6.45, 7) is 4.01. The molecule has 0 aliphatic heterocycles. The van der Waals surface area contributed by atoms with Crippen molar-refractivity contribution >= 4 is 28.4 Å². The van der Waals surface area contributed by atoms with Crippen molar-refractivity contribution in [1.82, 2.24) is 24.9 Å². The number of rotatable bonds is 10. The maximum absolute atomic E-state index is 13.1. The standard InChI is InChI=1S/C26H27N5O3S/c1-2-14-30(15-19-12-13-19)22(32)17-35-26-28-27-24(34-26)23-20-10-6-7-11-21(20)25(33)31(29-23)16-18-8-4-3-5-9-18/h3-11,19H,2,12-17H2,1H3. The molecular formula is C26H27N5O3S. The second-order valence-electron chi connectivity index (χ2n) is 8.79. The van der Waals surface area contributed by atoms with Gasteiger partial charge in [-0.2, -0.15) is 5.10 Å². The molecule has 35 heavy (non-hydrogen) atoms. The first-order valence-electron chi connectivity index (χ1n) is 11.9. The Labute approximate surface area is 207 Å². The molecule has 5 rings (SSSR count). The third-order valence-corrected chi connectivity index (χ3v) is 6.80. The van der Waals surface area contributed by atoms with E-state index >= 15 is 0 Å². The maximum atomic E-state index is 13.1. The Kier molecular flexibility index (Phi) is 6.94. The molecule has 4 aromatic rings. The minimum Gasteiger partial charge on any atom is -0.409 e. The van der Waals surface area contributed by atoms with Crippen LogP contribution in [-0.2, 0) is 11.3 Å². The van der Waals surface area contributed by atoms with Gasteiger partial charge in [-0.3, -0.25) is 9.59 Å². The highest BCUT2D eigenvalue weighted by Crippen LogP contribution is 2.30. The van der Waals surface area contributed by atoms with E-state index in [4.69, 9.17) is 4.42 Å². The molecule has 1 fully saturated rings. The van der Waals surface area contributed by atoms with Gasteiger partial charge < -0.3 is 9.32 Å². The lowest BCUT2D eigenvalue weighted by Gasteiger charge is -2.21. The number of fused-ring (bicyclic) bond motifs is 1. The summed E-state index contributed by atoms with van der Waals surface area (Å²) in [5.41, 5.74) is 1.23. The number of nitrogens with zero attached hydrogens (tertiary/aromatic N) is 5. The average molecular weight is 490 g/mol. The van der Waals surface area contributed by atoms with Gasteiger partial charge in [0, 0.05) is 18.5 Å². The van der Waals surface area contributed by atoms with Crippen molar-refractivity contribution in [1.29, 1.82) is 0 Å². The molecule has 0 spiro atoms. The van der Waals surface area contributed by atoms with Gasteiger partial charge in [-0.25, -0.2) is 4.68 Å². The summed E-state index contributed by atoms with van der Waals surface area (Å²) in [6.07, 6.45) is 3.35. The van der Waals surface area contributed by atoms with Gasteiger partial charge in [0.05, 0.1) is 17.7 Å². The summed E-state index contributed by atoms with van der Waals surface area (Å²) >= 11 is 1.23. The van der Waals surface area contributed by atoms with Gasteiger partial charge in [0.15, 0.2) is 5.69 Å². The zero-order chi connectivity index (χ0) is 24.2. The number of benzene rings is 2. The van der Waals surface area contributed by atoms with Crippen molar-refractivity contribution in [3.63, 3.8) is 0 Å². The van der Waals surface area contributed by atoms with Gasteiger partial charge in [-0.1, -0.05) is 67.2 Å². The Morgan fingerprint density at radius 3 is 2.57 bits per heavy atom. The Morgan fingerprint density at radius 2 is 1.83 bits per heavy atom. The van der Waals surface area contributed by atoms with Gasteiger partial charge in [0.25, 0.3) is 16.7 Å². The topological polar surface area (TPSA) is 94.1 Å². The van der Waals surface area contributed by atoms with Gasteiger partial charge in [0.2, 0.25) is 5.91 Å². The van der Waals surface area contributed by atoms with Crippen LogP contribution >= 0.6 is 11.8 Å². The van der Waals surface area contributed by atoms with Crippen LogP contribution in [0.25, 0.3) is 22.4 Å². The third kappa shape index (κ3) is 5.45. The molecule has 0 radical (unpaired) electrons. The second kappa shape index (κ2) is 10.4. The van der Waals surface area contributed by atoms with Gasteiger partial charge in [-0.15, -0.1) is 10.2 Å². The van der Waals surface area contributed by atoms with Crippen LogP contribution < -0.4 is 5.56 Å². The van der Waals surface area contributed by atoms with Gasteiger partial charge in [-0.05, 0) is 36.8 Å². The van der Waals surface area contributed by atoms with Crippen LogP contribution in [0.5, 0.6) is 0 Å². The highest BCUT2D eigenvalue weighted by Gasteiger charge is 2.26. The molecule has 2 aromatic heterocycles. The number of carbonyl (C=O) groups is 1. The first-order chi connectivity index (χ1) is 17.1. The SMILES string of the molecule is CCCN(CC1CC1)C(=O)CSc1nnc(-c2nn(Cc3ccccc3)c(=O)c3ccccc23)o1. The number of amides is 1. The molecule has 0 bridgehead atoms. The largest absolute Gasteiger partial charge is 0.409 e. The zero-order valence-corrected chi connectivity index (χ0v) is 20.4. The number of hydrogen-bond acceptors (Lipinski definition) is 7. The predicted octanol–water partition coefficient (Wildman–Crippen LogP) is 4.24. The van der Waals surface area contributed by atoms with Crippen LogP contribution in [0.15, 0.2) is 69.0 Å². The second-order valence-corrected chi connectivity index (χ2v) is 9.71. The van der Waals surface area contributed by atoms with Crippen LogP contribution in [-0.4, -0.2) is 49.6 Å². The number of carbonyl (C=O) groups excluding carboxylic acids is 1. The molecule has 2 heterocycles. The van der Waals surface area contributed by atoms with Crippen molar-refractivity contribution < 1.29 is 9.21 Å². The monoisotopic (exact) mass is 489 g/mol. The summed E-state index contributed by atoms with van der Waals surface area (Å²) in [5.74, 6) is 1.21. The van der Waals surface area contributed by atoms with Crippen molar-refractivity contribution in [2.24, 2.45) is 5.92 Å². The van der Waals surface area contributed by atoms with E-state index in [1.807, 2.05) is 53.4 Å². The molecule has 1 saturated carbocycles. The fourth-order valence-electron chi connectivity index (χ4n) is 4.04. The molecule has 0 N–H and O–H groups in total. The van der Waals surface area contributed by atoms with E-state index in [0.29, 0.717) is 34.2 Å². The number of thioether (sulfide) groups is 1. The first-order valence-corrected chi connectivity index (χ1v) is 12.9. The molecule has 2 aromatic carbocycles. The normalized spacial score (nSPS) is 13.3. The third-order valence-electron chi connectivity index (χ3n) is 5.99. The Bertz CT molecular complexity index is 1380. The zero-order valence-electron chi connectivity index (χ0n) is 19.6. The maximum Gasteiger partial charge on any atom is 0.277 e. The Hall–Kier alpha value is -3.46. The van der Waals surface area contributed by atoms with Crippen molar-refractivity contribution in [3.8, 4) is 11.6 Å². The summed E-state index contributed by atoms with van der Waals surface area (Å²) < 4.78 is 7.32. The predicted molar refractivity (Wildman–Crippen MR) is 135 cm³/mol. The molecular weight excluding hydrogens is 462 g/mol. The molecule has 8 nitrogen and oxygen atoms in total. The van der Waals surface area contributed by atoms with Crippen molar-refractivity contribution in [2.75, 3.05) is 18.8 Å². The average Bonchev–Trinajstić information content (AvgIpc) is 3.58. The molecule has 1 aliphatic carbocycles. The lowest BCUT2D eigenvalue weighted by Crippen LogP contribution is -2.34. The number of hydrogen-bond donors (Lipinski definition) is 0. The summed E-state index contributed by atoms with van der Waals surface area (Å²) in [7, 11) is 0. The lowest BCUT2D eigenvalue weighted by molar-refractivity contribution is -0.128. The molecule has 1 amide bonds. The summed E-state index contributed by atoms with van der Waals surface area (Å²) in [6, 6.07) is 17.0.